The molecule has 0 spiro atoms. The molecule has 1 rings (SSSR count). The molecule has 3 unspecified atom stereocenters. The zero-order valence-electron chi connectivity index (χ0n) is 6.65. The molecule has 0 amide bonds. The van der Waals surface area contributed by atoms with Gasteiger partial charge in [-0.15, -0.1) is 0 Å². The van der Waals surface area contributed by atoms with Gasteiger partial charge in [-0.2, -0.15) is 0 Å². The third kappa shape index (κ3) is 1.45. The maximum Gasteiger partial charge on any atom is 0.00987 e. The third-order valence-corrected chi connectivity index (χ3v) is 2.59. The van der Waals surface area contributed by atoms with E-state index >= 15 is 0 Å². The summed E-state index contributed by atoms with van der Waals surface area (Å²) in [5, 5.41) is 3.30. The molecule has 9 heavy (non-hydrogen) atoms. The van der Waals surface area contributed by atoms with Crippen molar-refractivity contribution >= 4 is 0 Å². The second-order valence-electron chi connectivity index (χ2n) is 3.18. The van der Waals surface area contributed by atoms with Gasteiger partial charge in [0.15, 0.2) is 0 Å². The van der Waals surface area contributed by atoms with Crippen LogP contribution in [0.3, 0.4) is 0 Å². The average Bonchev–Trinajstić information content (AvgIpc) is 2.64. The van der Waals surface area contributed by atoms with Crippen molar-refractivity contribution in [2.24, 2.45) is 11.8 Å². The Balaban J connectivity index is 2.17. The Morgan fingerprint density at radius 3 is 2.67 bits per heavy atom. The van der Waals surface area contributed by atoms with Gasteiger partial charge in [-0.25, -0.2) is 0 Å². The number of nitrogens with one attached hydrogen (secondary N) is 1. The summed E-state index contributed by atoms with van der Waals surface area (Å²) in [6, 6.07) is 0.847. The molecule has 0 bridgehead atoms. The lowest BCUT2D eigenvalue weighted by molar-refractivity contribution is 0.469. The molecule has 0 aromatic heterocycles. The normalized spacial score (nSPS) is 36.3. The first-order chi connectivity index (χ1) is 4.29. The van der Waals surface area contributed by atoms with Crippen molar-refractivity contribution in [2.45, 2.75) is 32.7 Å². The van der Waals surface area contributed by atoms with Gasteiger partial charge in [0.2, 0.25) is 0 Å². The van der Waals surface area contributed by atoms with Gasteiger partial charge in [0.1, 0.15) is 0 Å². The van der Waals surface area contributed by atoms with E-state index in [0.29, 0.717) is 0 Å². The van der Waals surface area contributed by atoms with Crippen molar-refractivity contribution in [3.8, 4) is 0 Å². The lowest BCUT2D eigenvalue weighted by Gasteiger charge is -2.05. The summed E-state index contributed by atoms with van der Waals surface area (Å²) in [5.41, 5.74) is 0. The molecule has 0 radical (unpaired) electrons. The Kier molecular flexibility index (Phi) is 2.12. The van der Waals surface area contributed by atoms with Crippen molar-refractivity contribution < 1.29 is 0 Å². The largest absolute Gasteiger partial charge is 0.317 e. The second-order valence-corrected chi connectivity index (χ2v) is 3.18. The topological polar surface area (TPSA) is 12.0 Å². The van der Waals surface area contributed by atoms with Crippen LogP contribution in [0.1, 0.15) is 26.7 Å². The second kappa shape index (κ2) is 2.70. The maximum absolute atomic E-state index is 3.30. The van der Waals surface area contributed by atoms with E-state index in [2.05, 4.69) is 26.2 Å². The van der Waals surface area contributed by atoms with Crippen LogP contribution in [0.25, 0.3) is 0 Å². The molecule has 1 nitrogen and oxygen atoms in total. The Labute approximate surface area is 57.8 Å². The van der Waals surface area contributed by atoms with Crippen LogP contribution in [0.5, 0.6) is 0 Å². The summed E-state index contributed by atoms with van der Waals surface area (Å²) in [5.74, 6) is 1.92. The number of hydrogen-bond donors (Lipinski definition) is 1. The molecular formula is C8H17N. The SMILES string of the molecule is CCC(C)C1CC1NC. The fourth-order valence-corrected chi connectivity index (χ4v) is 1.48. The van der Waals surface area contributed by atoms with Crippen LogP contribution < -0.4 is 5.32 Å². The van der Waals surface area contributed by atoms with Crippen molar-refractivity contribution in [3.05, 3.63) is 0 Å². The summed E-state index contributed by atoms with van der Waals surface area (Å²) in [6.45, 7) is 4.62. The highest BCUT2D eigenvalue weighted by Crippen LogP contribution is 2.38. The fourth-order valence-electron chi connectivity index (χ4n) is 1.48. The maximum atomic E-state index is 3.30. The van der Waals surface area contributed by atoms with Crippen LogP contribution >= 0.6 is 0 Å². The molecule has 1 saturated carbocycles. The Morgan fingerprint density at radius 1 is 1.67 bits per heavy atom. The first-order valence-electron chi connectivity index (χ1n) is 3.96. The van der Waals surface area contributed by atoms with Gasteiger partial charge in [-0.1, -0.05) is 20.3 Å². The molecule has 1 aliphatic carbocycles. The quantitative estimate of drug-likeness (QED) is 0.607. The molecule has 54 valence electrons. The van der Waals surface area contributed by atoms with E-state index in [1.165, 1.54) is 12.8 Å². The minimum Gasteiger partial charge on any atom is -0.317 e. The van der Waals surface area contributed by atoms with E-state index in [1.54, 1.807) is 0 Å². The average molecular weight is 127 g/mol. The van der Waals surface area contributed by atoms with Gasteiger partial charge in [-0.05, 0) is 25.3 Å². The molecule has 1 aliphatic rings. The Bertz CT molecular complexity index is 90.6. The van der Waals surface area contributed by atoms with Crippen LogP contribution in [-0.2, 0) is 0 Å². The molecule has 1 N–H and O–H groups in total. The summed E-state index contributed by atoms with van der Waals surface area (Å²) in [7, 11) is 2.06. The molecule has 0 heterocycles. The van der Waals surface area contributed by atoms with E-state index in [4.69, 9.17) is 0 Å². The van der Waals surface area contributed by atoms with Gasteiger partial charge >= 0.3 is 0 Å². The summed E-state index contributed by atoms with van der Waals surface area (Å²) < 4.78 is 0. The number of rotatable bonds is 3. The molecule has 0 aromatic rings. The minimum atomic E-state index is 0.847. The summed E-state index contributed by atoms with van der Waals surface area (Å²) in [6.07, 6.45) is 2.74. The van der Waals surface area contributed by atoms with Crippen molar-refractivity contribution in [1.29, 1.82) is 0 Å². The highest BCUT2D eigenvalue weighted by atomic mass is 14.9. The van der Waals surface area contributed by atoms with Crippen LogP contribution in [0, 0.1) is 11.8 Å². The highest BCUT2D eigenvalue weighted by molar-refractivity contribution is 4.94. The van der Waals surface area contributed by atoms with Gasteiger partial charge in [-0.3, -0.25) is 0 Å². The van der Waals surface area contributed by atoms with E-state index in [9.17, 15) is 0 Å². The van der Waals surface area contributed by atoms with Gasteiger partial charge in [0.05, 0.1) is 0 Å². The van der Waals surface area contributed by atoms with Crippen LogP contribution in [0.4, 0.5) is 0 Å². The first kappa shape index (κ1) is 7.07. The van der Waals surface area contributed by atoms with E-state index < -0.39 is 0 Å². The van der Waals surface area contributed by atoms with Crippen LogP contribution in [0.2, 0.25) is 0 Å². The van der Waals surface area contributed by atoms with Gasteiger partial charge < -0.3 is 5.32 Å². The standard InChI is InChI=1S/C8H17N/c1-4-6(2)7-5-8(7)9-3/h6-9H,4-5H2,1-3H3. The predicted molar refractivity (Wildman–Crippen MR) is 40.4 cm³/mol. The minimum absolute atomic E-state index is 0.847. The van der Waals surface area contributed by atoms with E-state index in [0.717, 1.165) is 17.9 Å². The van der Waals surface area contributed by atoms with Crippen molar-refractivity contribution in [3.63, 3.8) is 0 Å². The Hall–Kier alpha value is -0.0400. The van der Waals surface area contributed by atoms with E-state index in [-0.39, 0.29) is 0 Å². The molecule has 1 heteroatoms. The lowest BCUT2D eigenvalue weighted by Crippen LogP contribution is -2.13. The van der Waals surface area contributed by atoms with E-state index in [1.807, 2.05) is 0 Å². The Morgan fingerprint density at radius 2 is 2.33 bits per heavy atom. The van der Waals surface area contributed by atoms with Gasteiger partial charge in [0.25, 0.3) is 0 Å². The zero-order valence-corrected chi connectivity index (χ0v) is 6.65. The molecule has 0 aliphatic heterocycles. The highest BCUT2D eigenvalue weighted by Gasteiger charge is 2.38. The predicted octanol–water partition coefficient (Wildman–Crippen LogP) is 1.64. The van der Waals surface area contributed by atoms with Crippen LogP contribution in [0.15, 0.2) is 0 Å². The van der Waals surface area contributed by atoms with Gasteiger partial charge in [0, 0.05) is 6.04 Å². The third-order valence-electron chi connectivity index (χ3n) is 2.59. The molecule has 1 fully saturated rings. The molecule has 0 saturated heterocycles. The van der Waals surface area contributed by atoms with Crippen LogP contribution in [-0.4, -0.2) is 13.1 Å². The summed E-state index contributed by atoms with van der Waals surface area (Å²) in [4.78, 5) is 0. The molecular weight excluding hydrogens is 110 g/mol. The smallest absolute Gasteiger partial charge is 0.00987 e. The fraction of sp³-hybridized carbons (Fsp3) is 1.00. The monoisotopic (exact) mass is 127 g/mol. The lowest BCUT2D eigenvalue weighted by atomic mass is 10.0. The number of hydrogen-bond acceptors (Lipinski definition) is 1. The zero-order chi connectivity index (χ0) is 6.85. The first-order valence-corrected chi connectivity index (χ1v) is 3.96. The van der Waals surface area contributed by atoms with Crippen molar-refractivity contribution in [1.82, 2.24) is 5.32 Å². The molecule has 0 aromatic carbocycles. The summed E-state index contributed by atoms with van der Waals surface area (Å²) >= 11 is 0. The molecule has 3 atom stereocenters. The van der Waals surface area contributed by atoms with Crippen molar-refractivity contribution in [2.75, 3.05) is 7.05 Å².